The molecule has 2 aromatic heterocycles. The molecule has 11 nitrogen and oxygen atoms in total. The molecule has 0 saturated heterocycles. The molecule has 0 unspecified atom stereocenters. The summed E-state index contributed by atoms with van der Waals surface area (Å²) in [7, 11) is 1.31. The number of tetrazole rings is 1. The molecule has 0 fully saturated rings. The molecular weight excluding hydrogens is 669 g/mol. The zero-order valence-corrected chi connectivity index (χ0v) is 25.6. The van der Waals surface area contributed by atoms with Crippen molar-refractivity contribution in [2.75, 3.05) is 16.4 Å². The van der Waals surface area contributed by atoms with Crippen LogP contribution in [0.4, 0.5) is 55.9 Å². The number of aromatic nitrogens is 5. The number of nitrogens with zero attached hydrogens (tertiary/aromatic N) is 7. The first-order chi connectivity index (χ1) is 22.0. The Bertz CT molecular complexity index is 1640. The van der Waals surface area contributed by atoms with Crippen molar-refractivity contribution in [1.82, 2.24) is 25.2 Å². The maximum absolute atomic E-state index is 13.9. The normalized spacial score (nSPS) is 17.2. The Labute approximate surface area is 266 Å². The van der Waals surface area contributed by atoms with Crippen LogP contribution in [0.25, 0.3) is 0 Å². The predicted octanol–water partition coefficient (Wildman–Crippen LogP) is 6.65. The summed E-state index contributed by atoms with van der Waals surface area (Å²) >= 11 is 0. The molecule has 0 spiro atoms. The number of carbonyl (C=O) groups is 2. The van der Waals surface area contributed by atoms with E-state index < -0.39 is 89.3 Å². The summed E-state index contributed by atoms with van der Waals surface area (Å²) in [5, 5.41) is 20.9. The van der Waals surface area contributed by atoms with Crippen molar-refractivity contribution in [3.63, 3.8) is 0 Å². The van der Waals surface area contributed by atoms with E-state index in [2.05, 4.69) is 20.4 Å². The van der Waals surface area contributed by atoms with Crippen LogP contribution in [-0.2, 0) is 41.7 Å². The fourth-order valence-electron chi connectivity index (χ4n) is 5.01. The molecule has 48 heavy (non-hydrogen) atoms. The summed E-state index contributed by atoms with van der Waals surface area (Å²) in [6, 6.07) is 0.123. The minimum atomic E-state index is -5.18. The lowest BCUT2D eigenvalue weighted by Gasteiger charge is -2.43. The molecule has 1 aromatic carbocycles. The molecule has 1 N–H and O–H groups in total. The Morgan fingerprint density at radius 2 is 1.58 bits per heavy atom. The Balaban J connectivity index is 1.90. The quantitative estimate of drug-likeness (QED) is 0.258. The number of aryl methyl sites for hydroxylation is 1. The van der Waals surface area contributed by atoms with Gasteiger partial charge < -0.3 is 14.7 Å². The van der Waals surface area contributed by atoms with Crippen LogP contribution in [0.5, 0.6) is 0 Å². The van der Waals surface area contributed by atoms with Crippen LogP contribution in [-0.4, -0.2) is 55.0 Å². The average Bonchev–Trinajstić information content (AvgIpc) is 3.41. The molecule has 0 aliphatic carbocycles. The summed E-state index contributed by atoms with van der Waals surface area (Å²) in [5.41, 5.74) is -7.39. The SMILES string of the molecule is CC[C@@H]1C[C@H](N(Cc2cc(C(F)(F)F)cc(C(F)(F)F)c2)c2nnn(C)n2)c2nc(C(F)(F)F)ccc2N1C(=O)OCC(C)(C)C(=O)O. The van der Waals surface area contributed by atoms with Crippen LogP contribution in [0, 0.1) is 5.41 Å². The smallest absolute Gasteiger partial charge is 0.433 e. The summed E-state index contributed by atoms with van der Waals surface area (Å²) in [6.07, 6.45) is -16.6. The fourth-order valence-corrected chi connectivity index (χ4v) is 5.01. The van der Waals surface area contributed by atoms with Crippen LogP contribution in [0.2, 0.25) is 0 Å². The van der Waals surface area contributed by atoms with Gasteiger partial charge in [-0.3, -0.25) is 9.69 Å². The van der Waals surface area contributed by atoms with Crippen molar-refractivity contribution < 1.29 is 58.9 Å². The largest absolute Gasteiger partial charge is 0.481 e. The summed E-state index contributed by atoms with van der Waals surface area (Å²) in [4.78, 5) is 31.7. The number of benzene rings is 1. The van der Waals surface area contributed by atoms with Gasteiger partial charge in [0.25, 0.3) is 5.95 Å². The zero-order chi connectivity index (χ0) is 36.0. The van der Waals surface area contributed by atoms with E-state index in [9.17, 15) is 54.2 Å². The third-order valence-corrected chi connectivity index (χ3v) is 7.56. The van der Waals surface area contributed by atoms with E-state index >= 15 is 0 Å². The number of hydrogen-bond acceptors (Lipinski definition) is 8. The molecule has 3 heterocycles. The Hall–Kier alpha value is -4.65. The van der Waals surface area contributed by atoms with Crippen LogP contribution in [0.3, 0.4) is 0 Å². The van der Waals surface area contributed by atoms with Gasteiger partial charge in [-0.05, 0) is 67.8 Å². The van der Waals surface area contributed by atoms with E-state index in [-0.39, 0.29) is 30.5 Å². The lowest BCUT2D eigenvalue weighted by Crippen LogP contribution is -2.49. The summed E-state index contributed by atoms with van der Waals surface area (Å²) in [5.74, 6) is -1.67. The van der Waals surface area contributed by atoms with E-state index in [1.54, 1.807) is 6.92 Å². The van der Waals surface area contributed by atoms with Crippen molar-refractivity contribution >= 4 is 23.7 Å². The van der Waals surface area contributed by atoms with E-state index in [4.69, 9.17) is 4.74 Å². The van der Waals surface area contributed by atoms with E-state index in [0.717, 1.165) is 20.7 Å². The highest BCUT2D eigenvalue weighted by Gasteiger charge is 2.44. The average molecular weight is 698 g/mol. The van der Waals surface area contributed by atoms with Gasteiger partial charge in [0, 0.05) is 12.6 Å². The second-order valence-corrected chi connectivity index (χ2v) is 11.6. The molecular formula is C28H28F9N7O4. The lowest BCUT2D eigenvalue weighted by molar-refractivity contribution is -0.149. The molecule has 262 valence electrons. The highest BCUT2D eigenvalue weighted by atomic mass is 19.4. The number of alkyl halides is 9. The highest BCUT2D eigenvalue weighted by Crippen LogP contribution is 2.45. The first-order valence-electron chi connectivity index (χ1n) is 14.1. The first-order valence-corrected chi connectivity index (χ1v) is 14.1. The van der Waals surface area contributed by atoms with Gasteiger partial charge in [0.2, 0.25) is 0 Å². The Morgan fingerprint density at radius 1 is 0.979 bits per heavy atom. The minimum Gasteiger partial charge on any atom is -0.481 e. The number of pyridine rings is 1. The van der Waals surface area contributed by atoms with Gasteiger partial charge in [0.15, 0.2) is 0 Å². The molecule has 0 saturated carbocycles. The number of anilines is 2. The fraction of sp³-hybridized carbons (Fsp3) is 0.500. The summed E-state index contributed by atoms with van der Waals surface area (Å²) in [6.45, 7) is 2.77. The Morgan fingerprint density at radius 3 is 2.06 bits per heavy atom. The monoisotopic (exact) mass is 697 g/mol. The van der Waals surface area contributed by atoms with E-state index in [1.165, 1.54) is 20.9 Å². The molecule has 20 heteroatoms. The maximum atomic E-state index is 13.9. The lowest BCUT2D eigenvalue weighted by atomic mass is 9.91. The van der Waals surface area contributed by atoms with Crippen LogP contribution in [0.15, 0.2) is 30.3 Å². The van der Waals surface area contributed by atoms with Gasteiger partial charge in [0.1, 0.15) is 12.3 Å². The van der Waals surface area contributed by atoms with Gasteiger partial charge in [-0.2, -0.15) is 44.3 Å². The van der Waals surface area contributed by atoms with E-state index in [0.29, 0.717) is 18.2 Å². The standard InChI is InChI=1S/C28H28F9N7O4/c1-5-17-11-19(21-18(6-7-20(38-21)28(35,36)37)44(17)24(47)48-13-25(2,3)22(45)46)43(23-39-41-42(4)40-23)12-14-8-15(26(29,30)31)10-16(9-14)27(32,33)34/h6-10,17,19H,5,11-13H2,1-4H3,(H,45,46)/t17-,19+/m1/s1. The maximum Gasteiger partial charge on any atom is 0.433 e. The van der Waals surface area contributed by atoms with Crippen LogP contribution < -0.4 is 9.80 Å². The molecule has 0 radical (unpaired) electrons. The number of carboxylic acids is 1. The number of halogens is 9. The van der Waals surface area contributed by atoms with Crippen molar-refractivity contribution in [2.45, 2.75) is 70.8 Å². The highest BCUT2D eigenvalue weighted by molar-refractivity contribution is 5.90. The Kier molecular flexibility index (Phi) is 9.62. The van der Waals surface area contributed by atoms with Crippen LogP contribution >= 0.6 is 0 Å². The minimum absolute atomic E-state index is 0.0657. The molecule has 2 atom stereocenters. The number of carbonyl (C=O) groups excluding carboxylic acids is 1. The van der Waals surface area contributed by atoms with Crippen molar-refractivity contribution in [2.24, 2.45) is 12.5 Å². The molecule has 3 aromatic rings. The first kappa shape index (κ1) is 36.2. The third-order valence-electron chi connectivity index (χ3n) is 7.56. The second kappa shape index (κ2) is 12.8. The van der Waals surface area contributed by atoms with Gasteiger partial charge in [-0.25, -0.2) is 9.78 Å². The number of amides is 1. The van der Waals surface area contributed by atoms with Crippen molar-refractivity contribution in [1.29, 1.82) is 0 Å². The van der Waals surface area contributed by atoms with Crippen molar-refractivity contribution in [3.05, 3.63) is 58.4 Å². The molecule has 1 amide bonds. The molecule has 1 aliphatic rings. The number of fused-ring (bicyclic) bond motifs is 1. The number of aliphatic carboxylic acids is 1. The van der Waals surface area contributed by atoms with Gasteiger partial charge in [0.05, 0.1) is 41.0 Å². The number of rotatable bonds is 8. The van der Waals surface area contributed by atoms with Gasteiger partial charge in [-0.1, -0.05) is 12.0 Å². The number of carboxylic acid groups (broad SMARTS) is 1. The second-order valence-electron chi connectivity index (χ2n) is 11.6. The molecule has 1 aliphatic heterocycles. The summed E-state index contributed by atoms with van der Waals surface area (Å²) < 4.78 is 129. The predicted molar refractivity (Wildman–Crippen MR) is 147 cm³/mol. The topological polar surface area (TPSA) is 127 Å². The number of hydrogen-bond donors (Lipinski definition) is 1. The van der Waals surface area contributed by atoms with Gasteiger partial charge in [-0.15, -0.1) is 5.10 Å². The number of ether oxygens (including phenoxy) is 1. The molecule has 0 bridgehead atoms. The van der Waals surface area contributed by atoms with Crippen LogP contribution in [0.1, 0.15) is 67.7 Å². The third kappa shape index (κ3) is 7.73. The van der Waals surface area contributed by atoms with E-state index in [1.807, 2.05) is 0 Å². The van der Waals surface area contributed by atoms with Crippen molar-refractivity contribution in [3.8, 4) is 0 Å². The van der Waals surface area contributed by atoms with Gasteiger partial charge >= 0.3 is 30.6 Å². The molecule has 4 rings (SSSR count). The zero-order valence-electron chi connectivity index (χ0n) is 25.6.